The van der Waals surface area contributed by atoms with Gasteiger partial charge < -0.3 is 4.98 Å². The number of aromatic nitrogens is 6. The predicted molar refractivity (Wildman–Crippen MR) is 149 cm³/mol. The topological polar surface area (TPSA) is 91.7 Å². The first-order chi connectivity index (χ1) is 18.8. The minimum Gasteiger partial charge on any atom is -0.342 e. The lowest BCUT2D eigenvalue weighted by atomic mass is 9.99. The first-order valence-electron chi connectivity index (χ1n) is 12.4. The third-order valence-electron chi connectivity index (χ3n) is 6.78. The number of nitrogens with zero attached hydrogens (tertiary/aromatic N) is 4. The molecule has 2 N–H and O–H groups in total. The van der Waals surface area contributed by atoms with Gasteiger partial charge in [0, 0.05) is 35.5 Å². The van der Waals surface area contributed by atoms with Crippen LogP contribution in [0.5, 0.6) is 0 Å². The highest BCUT2D eigenvalue weighted by atomic mass is 16.1. The Morgan fingerprint density at radius 1 is 0.763 bits per heavy atom. The fourth-order valence-electron chi connectivity index (χ4n) is 5.03. The van der Waals surface area contributed by atoms with Crippen molar-refractivity contribution in [1.82, 2.24) is 29.8 Å². The molecule has 0 amide bonds. The van der Waals surface area contributed by atoms with Gasteiger partial charge in [-0.2, -0.15) is 14.7 Å². The maximum absolute atomic E-state index is 14.3. The van der Waals surface area contributed by atoms with E-state index in [1.165, 1.54) is 4.52 Å². The SMILES string of the molecule is O=c1c(-c2ccc3ncccc3c2)c(Cc2cc[nH]n2)[nH]c2c(-c3ccccc3)c(-c3ccccc3)nn12. The van der Waals surface area contributed by atoms with Crippen LogP contribution in [0.2, 0.25) is 0 Å². The maximum atomic E-state index is 14.3. The van der Waals surface area contributed by atoms with Crippen molar-refractivity contribution in [3.63, 3.8) is 0 Å². The molecule has 3 aromatic carbocycles. The van der Waals surface area contributed by atoms with E-state index >= 15 is 0 Å². The van der Waals surface area contributed by atoms with Crippen LogP contribution in [0.3, 0.4) is 0 Å². The minimum absolute atomic E-state index is 0.188. The summed E-state index contributed by atoms with van der Waals surface area (Å²) in [4.78, 5) is 22.3. The third-order valence-corrected chi connectivity index (χ3v) is 6.78. The van der Waals surface area contributed by atoms with Crippen LogP contribution in [0.25, 0.3) is 50.1 Å². The summed E-state index contributed by atoms with van der Waals surface area (Å²) in [5, 5.41) is 13.1. The number of benzene rings is 3. The molecule has 0 atom stereocenters. The zero-order valence-corrected chi connectivity index (χ0v) is 20.3. The monoisotopic (exact) mass is 494 g/mol. The van der Waals surface area contributed by atoms with E-state index < -0.39 is 0 Å². The van der Waals surface area contributed by atoms with Crippen LogP contribution >= 0.6 is 0 Å². The van der Waals surface area contributed by atoms with Gasteiger partial charge in [-0.25, -0.2) is 0 Å². The Balaban J connectivity index is 1.56. The molecule has 7 rings (SSSR count). The Hall–Kier alpha value is -5.30. The van der Waals surface area contributed by atoms with Crippen LogP contribution in [0.4, 0.5) is 0 Å². The first kappa shape index (κ1) is 21.9. The van der Waals surface area contributed by atoms with E-state index in [9.17, 15) is 4.79 Å². The molecule has 4 aromatic heterocycles. The number of H-pyrrole nitrogens is 2. The molecule has 0 saturated carbocycles. The van der Waals surface area contributed by atoms with Gasteiger partial charge in [-0.3, -0.25) is 14.9 Å². The van der Waals surface area contributed by atoms with E-state index in [2.05, 4.69) is 20.2 Å². The van der Waals surface area contributed by atoms with Crippen LogP contribution in [-0.2, 0) is 6.42 Å². The standard InChI is InChI=1S/C31H22N6O/c38-31-27(23-13-14-25-22(18-23)12-7-16-32-25)26(19-24-15-17-33-35-24)34-30-28(20-8-3-1-4-9-20)29(36-37(30)31)21-10-5-2-6-11-21/h1-18,34H,19H2,(H,33,35). The lowest BCUT2D eigenvalue weighted by Gasteiger charge is -2.11. The minimum atomic E-state index is -0.188. The Labute approximate surface area is 217 Å². The van der Waals surface area contributed by atoms with Crippen LogP contribution in [0.15, 0.2) is 114 Å². The van der Waals surface area contributed by atoms with Crippen molar-refractivity contribution < 1.29 is 0 Å². The lowest BCUT2D eigenvalue weighted by Crippen LogP contribution is -2.20. The van der Waals surface area contributed by atoms with E-state index in [4.69, 9.17) is 5.10 Å². The number of hydrogen-bond acceptors (Lipinski definition) is 4. The zero-order chi connectivity index (χ0) is 25.5. The quantitative estimate of drug-likeness (QED) is 0.312. The Kier molecular flexibility index (Phi) is 5.18. The van der Waals surface area contributed by atoms with Crippen molar-refractivity contribution in [1.29, 1.82) is 0 Å². The molecule has 7 nitrogen and oxygen atoms in total. The van der Waals surface area contributed by atoms with Gasteiger partial charge in [-0.05, 0) is 35.4 Å². The molecule has 7 heteroatoms. The predicted octanol–water partition coefficient (Wildman–Crippen LogP) is 5.89. The molecule has 0 spiro atoms. The van der Waals surface area contributed by atoms with Gasteiger partial charge in [-0.1, -0.05) is 72.8 Å². The largest absolute Gasteiger partial charge is 0.342 e. The van der Waals surface area contributed by atoms with Gasteiger partial charge >= 0.3 is 0 Å². The van der Waals surface area contributed by atoms with Crippen molar-refractivity contribution in [2.24, 2.45) is 0 Å². The highest BCUT2D eigenvalue weighted by Crippen LogP contribution is 2.35. The van der Waals surface area contributed by atoms with Gasteiger partial charge in [0.15, 0.2) is 0 Å². The number of fused-ring (bicyclic) bond motifs is 2. The molecule has 0 bridgehead atoms. The molecule has 38 heavy (non-hydrogen) atoms. The molecule has 182 valence electrons. The van der Waals surface area contributed by atoms with Gasteiger partial charge in [0.05, 0.1) is 22.3 Å². The third kappa shape index (κ3) is 3.69. The maximum Gasteiger partial charge on any atom is 0.282 e. The van der Waals surface area contributed by atoms with Crippen molar-refractivity contribution >= 4 is 16.6 Å². The van der Waals surface area contributed by atoms with Crippen LogP contribution in [-0.4, -0.2) is 29.8 Å². The molecule has 0 unspecified atom stereocenters. The summed E-state index contributed by atoms with van der Waals surface area (Å²) in [6, 6.07) is 31.7. The molecule has 4 heterocycles. The van der Waals surface area contributed by atoms with Gasteiger partial charge in [0.1, 0.15) is 11.3 Å². The summed E-state index contributed by atoms with van der Waals surface area (Å²) >= 11 is 0. The fraction of sp³-hybridized carbons (Fsp3) is 0.0323. The number of aromatic amines is 2. The highest BCUT2D eigenvalue weighted by molar-refractivity contribution is 5.91. The van der Waals surface area contributed by atoms with E-state index in [0.717, 1.165) is 50.2 Å². The van der Waals surface area contributed by atoms with Crippen LogP contribution in [0, 0.1) is 0 Å². The molecular weight excluding hydrogens is 472 g/mol. The second kappa shape index (κ2) is 8.97. The Bertz CT molecular complexity index is 1960. The summed E-state index contributed by atoms with van der Waals surface area (Å²) in [5.41, 5.74) is 7.85. The van der Waals surface area contributed by atoms with E-state index in [1.54, 1.807) is 12.4 Å². The van der Waals surface area contributed by atoms with Gasteiger partial charge in [0.25, 0.3) is 5.56 Å². The average Bonchev–Trinajstić information content (AvgIpc) is 3.62. The lowest BCUT2D eigenvalue weighted by molar-refractivity contribution is 0.880. The van der Waals surface area contributed by atoms with Crippen molar-refractivity contribution in [2.45, 2.75) is 6.42 Å². The summed E-state index contributed by atoms with van der Waals surface area (Å²) in [6.07, 6.45) is 4.01. The average molecular weight is 495 g/mol. The van der Waals surface area contributed by atoms with E-state index in [-0.39, 0.29) is 5.56 Å². The van der Waals surface area contributed by atoms with Crippen molar-refractivity contribution in [2.75, 3.05) is 0 Å². The summed E-state index contributed by atoms with van der Waals surface area (Å²) < 4.78 is 1.50. The fourth-order valence-corrected chi connectivity index (χ4v) is 5.03. The smallest absolute Gasteiger partial charge is 0.282 e. The highest BCUT2D eigenvalue weighted by Gasteiger charge is 2.23. The summed E-state index contributed by atoms with van der Waals surface area (Å²) in [5.74, 6) is 0. The number of pyridine rings is 1. The second-order valence-corrected chi connectivity index (χ2v) is 9.15. The normalized spacial score (nSPS) is 11.4. The van der Waals surface area contributed by atoms with Crippen molar-refractivity contribution in [3.05, 3.63) is 131 Å². The summed E-state index contributed by atoms with van der Waals surface area (Å²) in [7, 11) is 0. The Morgan fingerprint density at radius 2 is 1.55 bits per heavy atom. The molecule has 0 fully saturated rings. The number of hydrogen-bond donors (Lipinski definition) is 2. The molecule has 0 aliphatic carbocycles. The molecule has 0 aliphatic heterocycles. The molecule has 0 saturated heterocycles. The van der Waals surface area contributed by atoms with Crippen LogP contribution in [0.1, 0.15) is 11.4 Å². The Morgan fingerprint density at radius 3 is 2.32 bits per heavy atom. The van der Waals surface area contributed by atoms with E-state index in [1.807, 2.05) is 97.1 Å². The molecule has 0 radical (unpaired) electrons. The number of nitrogens with one attached hydrogen (secondary N) is 2. The first-order valence-corrected chi connectivity index (χ1v) is 12.4. The van der Waals surface area contributed by atoms with Crippen LogP contribution < -0.4 is 5.56 Å². The summed E-state index contributed by atoms with van der Waals surface area (Å²) in [6.45, 7) is 0. The van der Waals surface area contributed by atoms with E-state index in [0.29, 0.717) is 17.6 Å². The molecule has 0 aliphatic rings. The van der Waals surface area contributed by atoms with Gasteiger partial charge in [0.2, 0.25) is 0 Å². The molecular formula is C31H22N6O. The number of rotatable bonds is 5. The van der Waals surface area contributed by atoms with Crippen molar-refractivity contribution in [3.8, 4) is 33.5 Å². The zero-order valence-electron chi connectivity index (χ0n) is 20.3. The van der Waals surface area contributed by atoms with Gasteiger partial charge in [-0.15, -0.1) is 0 Å². The second-order valence-electron chi connectivity index (χ2n) is 9.15. The molecule has 7 aromatic rings.